The summed E-state index contributed by atoms with van der Waals surface area (Å²) in [6, 6.07) is 0.643. The van der Waals surface area contributed by atoms with E-state index >= 15 is 0 Å². The quantitative estimate of drug-likeness (QED) is 0.864. The molecule has 0 atom stereocenters. The van der Waals surface area contributed by atoms with E-state index in [9.17, 15) is 0 Å². The molecule has 1 aromatic heterocycles. The van der Waals surface area contributed by atoms with E-state index in [1.54, 1.807) is 7.11 Å². The highest BCUT2D eigenvalue weighted by Crippen LogP contribution is 2.44. The third-order valence-electron chi connectivity index (χ3n) is 5.73. The Morgan fingerprint density at radius 2 is 2.00 bits per heavy atom. The van der Waals surface area contributed by atoms with Gasteiger partial charge in [0.25, 0.3) is 0 Å². The fourth-order valence-electron chi connectivity index (χ4n) is 4.10. The zero-order chi connectivity index (χ0) is 16.1. The zero-order valence-electron chi connectivity index (χ0n) is 14.5. The number of ether oxygens (including phenoxy) is 1. The number of nitrogens with one attached hydrogen (secondary N) is 1. The van der Waals surface area contributed by atoms with E-state index in [4.69, 9.17) is 9.26 Å². The summed E-state index contributed by atoms with van der Waals surface area (Å²) < 4.78 is 10.4. The van der Waals surface area contributed by atoms with Gasteiger partial charge in [-0.1, -0.05) is 5.16 Å². The molecule has 130 valence electrons. The van der Waals surface area contributed by atoms with E-state index in [1.165, 1.54) is 51.6 Å². The van der Waals surface area contributed by atoms with Crippen molar-refractivity contribution in [1.82, 2.24) is 20.4 Å². The predicted octanol–water partition coefficient (Wildman–Crippen LogP) is 2.00. The second kappa shape index (κ2) is 7.73. The highest BCUT2D eigenvalue weighted by atomic mass is 16.5. The Balaban J connectivity index is 1.47. The smallest absolute Gasteiger partial charge is 0.240 e. The van der Waals surface area contributed by atoms with E-state index in [2.05, 4.69) is 27.4 Å². The predicted molar refractivity (Wildman–Crippen MR) is 88.1 cm³/mol. The van der Waals surface area contributed by atoms with Crippen LogP contribution in [-0.2, 0) is 17.7 Å². The van der Waals surface area contributed by atoms with Crippen LogP contribution in [0, 0.1) is 5.41 Å². The topological polar surface area (TPSA) is 63.4 Å². The maximum absolute atomic E-state index is 5.37. The summed E-state index contributed by atoms with van der Waals surface area (Å²) in [5.41, 5.74) is 0.625. The van der Waals surface area contributed by atoms with Gasteiger partial charge in [-0.25, -0.2) is 0 Å². The molecule has 1 aliphatic carbocycles. The Morgan fingerprint density at radius 3 is 2.70 bits per heavy atom. The van der Waals surface area contributed by atoms with E-state index in [0.29, 0.717) is 24.5 Å². The molecule has 1 aromatic rings. The maximum atomic E-state index is 5.37. The first kappa shape index (κ1) is 16.9. The summed E-state index contributed by atoms with van der Waals surface area (Å²) in [6.07, 6.45) is 8.75. The monoisotopic (exact) mass is 322 g/mol. The summed E-state index contributed by atoms with van der Waals surface area (Å²) in [5.74, 6) is 1.47. The third kappa shape index (κ3) is 4.31. The number of piperidine rings is 1. The van der Waals surface area contributed by atoms with Crippen LogP contribution in [-0.4, -0.2) is 54.9 Å². The summed E-state index contributed by atoms with van der Waals surface area (Å²) in [4.78, 5) is 6.85. The lowest BCUT2D eigenvalue weighted by atomic mass is 9.67. The molecule has 1 N–H and O–H groups in total. The van der Waals surface area contributed by atoms with Crippen molar-refractivity contribution in [2.75, 3.05) is 33.9 Å². The molecule has 6 heteroatoms. The molecular weight excluding hydrogens is 292 g/mol. The molecule has 1 saturated carbocycles. The van der Waals surface area contributed by atoms with E-state index in [0.717, 1.165) is 18.3 Å². The van der Waals surface area contributed by atoms with Crippen LogP contribution in [0.4, 0.5) is 0 Å². The van der Waals surface area contributed by atoms with E-state index in [1.807, 2.05) is 0 Å². The van der Waals surface area contributed by atoms with Crippen LogP contribution in [0.1, 0.15) is 50.2 Å². The van der Waals surface area contributed by atoms with Crippen molar-refractivity contribution in [3.63, 3.8) is 0 Å². The van der Waals surface area contributed by atoms with Gasteiger partial charge in [-0.3, -0.25) is 4.90 Å². The highest BCUT2D eigenvalue weighted by Gasteiger charge is 2.37. The van der Waals surface area contributed by atoms with Crippen molar-refractivity contribution in [3.05, 3.63) is 11.7 Å². The lowest BCUT2D eigenvalue weighted by Crippen LogP contribution is -2.43. The molecule has 23 heavy (non-hydrogen) atoms. The van der Waals surface area contributed by atoms with Gasteiger partial charge in [-0.2, -0.15) is 4.98 Å². The first-order valence-corrected chi connectivity index (χ1v) is 8.92. The largest absolute Gasteiger partial charge is 0.384 e. The van der Waals surface area contributed by atoms with Gasteiger partial charge in [0.05, 0.1) is 13.2 Å². The number of rotatable bonds is 6. The van der Waals surface area contributed by atoms with Crippen LogP contribution >= 0.6 is 0 Å². The normalized spacial score (nSPS) is 22.0. The average Bonchev–Trinajstić information content (AvgIpc) is 3.01. The first-order valence-electron chi connectivity index (χ1n) is 8.92. The molecule has 0 bridgehead atoms. The minimum absolute atomic E-state index is 0.625. The van der Waals surface area contributed by atoms with E-state index < -0.39 is 0 Å². The van der Waals surface area contributed by atoms with Crippen molar-refractivity contribution in [3.8, 4) is 0 Å². The Labute approximate surface area is 139 Å². The van der Waals surface area contributed by atoms with Gasteiger partial charge < -0.3 is 14.6 Å². The summed E-state index contributed by atoms with van der Waals surface area (Å²) in [6.45, 7) is 3.78. The maximum Gasteiger partial charge on any atom is 0.240 e. The minimum Gasteiger partial charge on any atom is -0.384 e. The van der Waals surface area contributed by atoms with Gasteiger partial charge in [0.1, 0.15) is 0 Å². The lowest BCUT2D eigenvalue weighted by molar-refractivity contribution is 0.0697. The van der Waals surface area contributed by atoms with Crippen molar-refractivity contribution in [1.29, 1.82) is 0 Å². The van der Waals surface area contributed by atoms with Gasteiger partial charge in [0.2, 0.25) is 5.89 Å². The average molecular weight is 322 g/mol. The van der Waals surface area contributed by atoms with Crippen molar-refractivity contribution >= 4 is 0 Å². The molecule has 2 heterocycles. The number of methoxy groups -OCH3 is 1. The van der Waals surface area contributed by atoms with E-state index in [-0.39, 0.29) is 0 Å². The number of hydrogen-bond acceptors (Lipinski definition) is 6. The molecule has 0 aromatic carbocycles. The van der Waals surface area contributed by atoms with Gasteiger partial charge >= 0.3 is 0 Å². The molecule has 2 fully saturated rings. The Kier molecular flexibility index (Phi) is 5.67. The van der Waals surface area contributed by atoms with Gasteiger partial charge in [0, 0.05) is 19.6 Å². The second-order valence-electron chi connectivity index (χ2n) is 7.24. The van der Waals surface area contributed by atoms with Crippen LogP contribution in [0.2, 0.25) is 0 Å². The fourth-order valence-corrected chi connectivity index (χ4v) is 4.10. The van der Waals surface area contributed by atoms with Gasteiger partial charge in [-0.15, -0.1) is 0 Å². The SMILES string of the molecule is COCCc1noc(CN(C)C2CCC3(CCNCC3)CC2)n1. The Hall–Kier alpha value is -0.980. The lowest BCUT2D eigenvalue weighted by Gasteiger charge is -2.45. The van der Waals surface area contributed by atoms with Crippen LogP contribution in [0.15, 0.2) is 4.52 Å². The second-order valence-corrected chi connectivity index (χ2v) is 7.24. The minimum atomic E-state index is 0.625. The number of aromatic nitrogens is 2. The van der Waals surface area contributed by atoms with Crippen molar-refractivity contribution in [2.24, 2.45) is 5.41 Å². The standard InChI is InChI=1S/C17H30N4O2/c1-21(13-16-19-15(20-23-16)5-12-22-2)14-3-6-17(7-4-14)8-10-18-11-9-17/h14,18H,3-13H2,1-2H3. The van der Waals surface area contributed by atoms with Crippen molar-refractivity contribution in [2.45, 2.75) is 57.5 Å². The van der Waals surface area contributed by atoms with Crippen LogP contribution in [0.25, 0.3) is 0 Å². The molecule has 1 aliphatic heterocycles. The van der Waals surface area contributed by atoms with Gasteiger partial charge in [-0.05, 0) is 64.1 Å². The van der Waals surface area contributed by atoms with Crippen LogP contribution < -0.4 is 5.32 Å². The molecule has 0 radical (unpaired) electrons. The van der Waals surface area contributed by atoms with Crippen molar-refractivity contribution < 1.29 is 9.26 Å². The fraction of sp³-hybridized carbons (Fsp3) is 0.882. The highest BCUT2D eigenvalue weighted by molar-refractivity contribution is 4.93. The molecule has 2 aliphatic rings. The summed E-state index contributed by atoms with van der Waals surface area (Å²) >= 11 is 0. The Bertz CT molecular complexity index is 475. The number of nitrogens with zero attached hydrogens (tertiary/aromatic N) is 3. The molecule has 1 saturated heterocycles. The molecule has 6 nitrogen and oxygen atoms in total. The molecule has 1 spiro atoms. The zero-order valence-corrected chi connectivity index (χ0v) is 14.5. The first-order chi connectivity index (χ1) is 11.2. The third-order valence-corrected chi connectivity index (χ3v) is 5.73. The van der Waals surface area contributed by atoms with Crippen LogP contribution in [0.3, 0.4) is 0 Å². The summed E-state index contributed by atoms with van der Waals surface area (Å²) in [5, 5.41) is 7.51. The van der Waals surface area contributed by atoms with Crippen LogP contribution in [0.5, 0.6) is 0 Å². The number of hydrogen-bond donors (Lipinski definition) is 1. The van der Waals surface area contributed by atoms with Gasteiger partial charge in [0.15, 0.2) is 5.82 Å². The molecule has 3 rings (SSSR count). The molecular formula is C17H30N4O2. The summed E-state index contributed by atoms with van der Waals surface area (Å²) in [7, 11) is 3.87. The molecule has 0 unspecified atom stereocenters. The Morgan fingerprint density at radius 1 is 1.26 bits per heavy atom. The molecule has 0 amide bonds.